The lowest BCUT2D eigenvalue weighted by Crippen LogP contribution is -2.19. The van der Waals surface area contributed by atoms with Crippen LogP contribution in [0.2, 0.25) is 0 Å². The zero-order valence-electron chi connectivity index (χ0n) is 11.9. The molecule has 0 aliphatic heterocycles. The average Bonchev–Trinajstić information content (AvgIpc) is 2.67. The Morgan fingerprint density at radius 3 is 2.48 bits per heavy atom. The number of halogens is 4. The Morgan fingerprint density at radius 1 is 1.29 bits per heavy atom. The van der Waals surface area contributed by atoms with Gasteiger partial charge in [0.1, 0.15) is 23.6 Å². The number of aromatic nitrogens is 2. The van der Waals surface area contributed by atoms with Crippen molar-refractivity contribution < 1.29 is 17.9 Å². The molecule has 0 amide bonds. The van der Waals surface area contributed by atoms with Crippen LogP contribution in [0, 0.1) is 0 Å². The third-order valence-electron chi connectivity index (χ3n) is 2.83. The van der Waals surface area contributed by atoms with Crippen molar-refractivity contribution in [2.45, 2.75) is 45.0 Å². The summed E-state index contributed by atoms with van der Waals surface area (Å²) in [5.74, 6) is 0.644. The molecule has 0 fully saturated rings. The van der Waals surface area contributed by atoms with Gasteiger partial charge in [0.05, 0.1) is 17.0 Å². The Kier molecular flexibility index (Phi) is 4.37. The lowest BCUT2D eigenvalue weighted by Gasteiger charge is -2.13. The minimum Gasteiger partial charge on any atom is -0.489 e. The van der Waals surface area contributed by atoms with Gasteiger partial charge >= 0.3 is 6.18 Å². The molecule has 0 radical (unpaired) electrons. The molecule has 1 aromatic heterocycles. The fourth-order valence-electron chi connectivity index (χ4n) is 2.14. The van der Waals surface area contributed by atoms with E-state index in [0.29, 0.717) is 16.8 Å². The maximum absolute atomic E-state index is 12.8. The van der Waals surface area contributed by atoms with E-state index in [1.54, 1.807) is 25.1 Å². The van der Waals surface area contributed by atoms with E-state index in [1.807, 2.05) is 13.8 Å². The summed E-state index contributed by atoms with van der Waals surface area (Å²) in [6.07, 6.45) is -4.44. The van der Waals surface area contributed by atoms with Gasteiger partial charge in [0.25, 0.3) is 0 Å². The number of imidazole rings is 1. The van der Waals surface area contributed by atoms with Crippen LogP contribution in [0.1, 0.15) is 32.0 Å². The molecule has 0 spiro atoms. The topological polar surface area (TPSA) is 27.1 Å². The normalized spacial score (nSPS) is 13.9. The Labute approximate surface area is 125 Å². The van der Waals surface area contributed by atoms with Gasteiger partial charge in [0.2, 0.25) is 0 Å². The van der Waals surface area contributed by atoms with E-state index in [2.05, 4.69) is 4.98 Å². The molecule has 1 unspecified atom stereocenters. The highest BCUT2D eigenvalue weighted by molar-refractivity contribution is 6.20. The first-order valence-corrected chi connectivity index (χ1v) is 6.99. The molecule has 0 aliphatic carbocycles. The quantitative estimate of drug-likeness (QED) is 0.764. The highest BCUT2D eigenvalue weighted by Gasteiger charge is 2.31. The van der Waals surface area contributed by atoms with Crippen LogP contribution in [-0.2, 0) is 6.54 Å². The summed E-state index contributed by atoms with van der Waals surface area (Å²) in [6, 6.07) is 4.93. The molecular weight excluding hydrogens is 305 g/mol. The van der Waals surface area contributed by atoms with Gasteiger partial charge in [0.15, 0.2) is 0 Å². The smallest absolute Gasteiger partial charge is 0.406 e. The molecule has 0 bridgehead atoms. The lowest BCUT2D eigenvalue weighted by atomic mass is 10.3. The van der Waals surface area contributed by atoms with Crippen molar-refractivity contribution >= 4 is 22.6 Å². The number of nitrogens with zero attached hydrogens (tertiary/aromatic N) is 2. The van der Waals surface area contributed by atoms with Gasteiger partial charge in [-0.3, -0.25) is 0 Å². The van der Waals surface area contributed by atoms with Crippen molar-refractivity contribution in [1.82, 2.24) is 9.55 Å². The maximum atomic E-state index is 12.8. The predicted molar refractivity (Wildman–Crippen MR) is 75.8 cm³/mol. The number of hydrogen-bond acceptors (Lipinski definition) is 2. The zero-order chi connectivity index (χ0) is 15.8. The van der Waals surface area contributed by atoms with Crippen LogP contribution in [0.5, 0.6) is 5.75 Å². The SMILES string of the molecule is CC(C)Oc1cccc2c1nc(C(C)Cl)n2CC(F)(F)F. The van der Waals surface area contributed by atoms with Crippen LogP contribution in [0.25, 0.3) is 11.0 Å². The number of para-hydroxylation sites is 1. The molecule has 3 nitrogen and oxygen atoms in total. The van der Waals surface area contributed by atoms with Crippen LogP contribution < -0.4 is 4.74 Å². The second kappa shape index (κ2) is 5.75. The number of alkyl halides is 4. The lowest BCUT2D eigenvalue weighted by molar-refractivity contribution is -0.140. The molecule has 1 atom stereocenters. The minimum atomic E-state index is -4.34. The third kappa shape index (κ3) is 3.61. The van der Waals surface area contributed by atoms with Crippen LogP contribution in [-0.4, -0.2) is 21.8 Å². The first-order chi connectivity index (χ1) is 9.69. The van der Waals surface area contributed by atoms with Gasteiger partial charge in [-0.25, -0.2) is 4.98 Å². The molecular formula is C14H16ClF3N2O. The van der Waals surface area contributed by atoms with Gasteiger partial charge in [-0.05, 0) is 32.9 Å². The molecule has 7 heteroatoms. The first-order valence-electron chi connectivity index (χ1n) is 6.55. The highest BCUT2D eigenvalue weighted by Crippen LogP contribution is 2.32. The highest BCUT2D eigenvalue weighted by atomic mass is 35.5. The summed E-state index contributed by atoms with van der Waals surface area (Å²) in [7, 11) is 0. The summed E-state index contributed by atoms with van der Waals surface area (Å²) in [5.41, 5.74) is 0.769. The Hall–Kier alpha value is -1.43. The first kappa shape index (κ1) is 15.9. The van der Waals surface area contributed by atoms with Crippen molar-refractivity contribution in [3.8, 4) is 5.75 Å². The summed E-state index contributed by atoms with van der Waals surface area (Å²) >= 11 is 5.98. The van der Waals surface area contributed by atoms with Crippen LogP contribution in [0.3, 0.4) is 0 Å². The van der Waals surface area contributed by atoms with Gasteiger partial charge in [-0.15, -0.1) is 11.6 Å². The maximum Gasteiger partial charge on any atom is 0.406 e. The number of hydrogen-bond donors (Lipinski definition) is 0. The molecule has 0 N–H and O–H groups in total. The van der Waals surface area contributed by atoms with Crippen LogP contribution >= 0.6 is 11.6 Å². The molecule has 0 saturated heterocycles. The molecule has 2 rings (SSSR count). The monoisotopic (exact) mass is 320 g/mol. The molecule has 0 aliphatic rings. The van der Waals surface area contributed by atoms with E-state index in [0.717, 1.165) is 4.57 Å². The predicted octanol–water partition coefficient (Wildman–Crippen LogP) is 4.69. The van der Waals surface area contributed by atoms with Gasteiger partial charge < -0.3 is 9.30 Å². The standard InChI is InChI=1S/C14H16ClF3N2O/c1-8(2)21-11-6-4-5-10-12(11)19-13(9(3)15)20(10)7-14(16,17)18/h4-6,8-9H,7H2,1-3H3. The Bertz CT molecular complexity index is 635. The van der Waals surface area contributed by atoms with Gasteiger partial charge in [-0.2, -0.15) is 13.2 Å². The summed E-state index contributed by atoms with van der Waals surface area (Å²) < 4.78 is 45.0. The fraction of sp³-hybridized carbons (Fsp3) is 0.500. The second-order valence-corrected chi connectivity index (χ2v) is 5.73. The largest absolute Gasteiger partial charge is 0.489 e. The van der Waals surface area contributed by atoms with E-state index in [-0.39, 0.29) is 11.9 Å². The Balaban J connectivity index is 2.62. The van der Waals surface area contributed by atoms with Crippen LogP contribution in [0.15, 0.2) is 18.2 Å². The minimum absolute atomic E-state index is 0.0970. The number of rotatable bonds is 4. The average molecular weight is 321 g/mol. The number of fused-ring (bicyclic) bond motifs is 1. The Morgan fingerprint density at radius 2 is 1.95 bits per heavy atom. The summed E-state index contributed by atoms with van der Waals surface area (Å²) in [5, 5.41) is -0.633. The van der Waals surface area contributed by atoms with E-state index < -0.39 is 18.1 Å². The van der Waals surface area contributed by atoms with E-state index in [4.69, 9.17) is 16.3 Å². The van der Waals surface area contributed by atoms with Gasteiger partial charge in [-0.1, -0.05) is 6.07 Å². The molecule has 2 aromatic rings. The van der Waals surface area contributed by atoms with E-state index >= 15 is 0 Å². The van der Waals surface area contributed by atoms with Crippen molar-refractivity contribution in [3.05, 3.63) is 24.0 Å². The molecule has 0 saturated carbocycles. The summed E-state index contributed by atoms with van der Waals surface area (Å²) in [6.45, 7) is 4.16. The van der Waals surface area contributed by atoms with Crippen molar-refractivity contribution in [2.24, 2.45) is 0 Å². The third-order valence-corrected chi connectivity index (χ3v) is 3.02. The number of ether oxygens (including phenoxy) is 1. The van der Waals surface area contributed by atoms with Gasteiger partial charge in [0, 0.05) is 0 Å². The van der Waals surface area contributed by atoms with Crippen LogP contribution in [0.4, 0.5) is 13.2 Å². The zero-order valence-corrected chi connectivity index (χ0v) is 12.7. The summed E-state index contributed by atoms with van der Waals surface area (Å²) in [4.78, 5) is 4.26. The van der Waals surface area contributed by atoms with E-state index in [9.17, 15) is 13.2 Å². The molecule has 21 heavy (non-hydrogen) atoms. The molecule has 116 valence electrons. The van der Waals surface area contributed by atoms with E-state index in [1.165, 1.54) is 0 Å². The van der Waals surface area contributed by atoms with Crippen molar-refractivity contribution in [1.29, 1.82) is 0 Å². The molecule has 1 heterocycles. The second-order valence-electron chi connectivity index (χ2n) is 5.08. The fourth-order valence-corrected chi connectivity index (χ4v) is 2.30. The van der Waals surface area contributed by atoms with Crippen molar-refractivity contribution in [3.63, 3.8) is 0 Å². The molecule has 1 aromatic carbocycles. The van der Waals surface area contributed by atoms with Crippen molar-refractivity contribution in [2.75, 3.05) is 0 Å². The number of benzene rings is 1.